The Morgan fingerprint density at radius 3 is 2.76 bits per heavy atom. The lowest BCUT2D eigenvalue weighted by atomic mass is 10.2. The standard InChI is InChI=1S/C16H19BrN2O2/c1-3-20-15-9-12(10-18-2)8-14(17)16(15)21-11-13-6-4-5-7-19-13/h4-9,18H,3,10-11H2,1-2H3. The number of nitrogens with one attached hydrogen (secondary N) is 1. The van der Waals surface area contributed by atoms with Crippen molar-refractivity contribution in [3.8, 4) is 11.5 Å². The van der Waals surface area contributed by atoms with Gasteiger partial charge in [0, 0.05) is 12.7 Å². The molecule has 1 N–H and O–H groups in total. The molecule has 0 aliphatic carbocycles. The average Bonchev–Trinajstić information content (AvgIpc) is 2.48. The van der Waals surface area contributed by atoms with E-state index in [1.165, 1.54) is 0 Å². The Morgan fingerprint density at radius 1 is 1.24 bits per heavy atom. The van der Waals surface area contributed by atoms with Crippen LogP contribution in [0.25, 0.3) is 0 Å². The molecule has 0 saturated carbocycles. The molecule has 0 unspecified atom stereocenters. The molecule has 1 aromatic heterocycles. The second kappa shape index (κ2) is 8.00. The number of hydrogen-bond acceptors (Lipinski definition) is 4. The van der Waals surface area contributed by atoms with Crippen molar-refractivity contribution in [3.63, 3.8) is 0 Å². The van der Waals surface area contributed by atoms with Crippen molar-refractivity contribution in [2.45, 2.75) is 20.1 Å². The normalized spacial score (nSPS) is 10.4. The highest BCUT2D eigenvalue weighted by Gasteiger charge is 2.12. The Kier molecular flexibility index (Phi) is 6.02. The Balaban J connectivity index is 2.20. The van der Waals surface area contributed by atoms with Gasteiger partial charge in [-0.15, -0.1) is 0 Å². The van der Waals surface area contributed by atoms with E-state index in [0.717, 1.165) is 28.0 Å². The van der Waals surface area contributed by atoms with Crippen molar-refractivity contribution in [1.29, 1.82) is 0 Å². The van der Waals surface area contributed by atoms with Crippen molar-refractivity contribution >= 4 is 15.9 Å². The van der Waals surface area contributed by atoms with Gasteiger partial charge in [0.15, 0.2) is 11.5 Å². The van der Waals surface area contributed by atoms with Crippen LogP contribution in [0.5, 0.6) is 11.5 Å². The minimum Gasteiger partial charge on any atom is -0.490 e. The van der Waals surface area contributed by atoms with Crippen LogP contribution in [0.15, 0.2) is 41.0 Å². The second-order valence-corrected chi connectivity index (χ2v) is 5.33. The topological polar surface area (TPSA) is 43.4 Å². The van der Waals surface area contributed by atoms with Gasteiger partial charge in [0.2, 0.25) is 0 Å². The monoisotopic (exact) mass is 350 g/mol. The smallest absolute Gasteiger partial charge is 0.175 e. The molecule has 5 heteroatoms. The van der Waals surface area contributed by atoms with E-state index in [1.54, 1.807) is 6.20 Å². The van der Waals surface area contributed by atoms with Gasteiger partial charge >= 0.3 is 0 Å². The number of halogens is 1. The SMILES string of the molecule is CCOc1cc(CNC)cc(Br)c1OCc1ccccn1. The molecule has 0 radical (unpaired) electrons. The van der Waals surface area contributed by atoms with Gasteiger partial charge in [0.1, 0.15) is 6.61 Å². The molecular weight excluding hydrogens is 332 g/mol. The Bertz CT molecular complexity index is 576. The summed E-state index contributed by atoms with van der Waals surface area (Å²) in [5, 5.41) is 3.13. The zero-order valence-corrected chi connectivity index (χ0v) is 13.8. The highest BCUT2D eigenvalue weighted by molar-refractivity contribution is 9.10. The van der Waals surface area contributed by atoms with Gasteiger partial charge in [-0.3, -0.25) is 4.98 Å². The van der Waals surface area contributed by atoms with Gasteiger partial charge < -0.3 is 14.8 Å². The molecule has 0 aliphatic rings. The fourth-order valence-corrected chi connectivity index (χ4v) is 2.56. The van der Waals surface area contributed by atoms with Gasteiger partial charge in [-0.25, -0.2) is 0 Å². The number of nitrogens with zero attached hydrogens (tertiary/aromatic N) is 1. The molecule has 2 aromatic rings. The highest BCUT2D eigenvalue weighted by Crippen LogP contribution is 2.37. The fraction of sp³-hybridized carbons (Fsp3) is 0.312. The summed E-state index contributed by atoms with van der Waals surface area (Å²) >= 11 is 3.56. The van der Waals surface area contributed by atoms with Crippen molar-refractivity contribution in [1.82, 2.24) is 10.3 Å². The largest absolute Gasteiger partial charge is 0.490 e. The average molecular weight is 351 g/mol. The van der Waals surface area contributed by atoms with E-state index in [0.29, 0.717) is 19.0 Å². The molecule has 112 valence electrons. The number of rotatable bonds is 7. The van der Waals surface area contributed by atoms with Gasteiger partial charge in [-0.2, -0.15) is 0 Å². The second-order valence-electron chi connectivity index (χ2n) is 4.48. The van der Waals surface area contributed by atoms with Crippen LogP contribution in [0, 0.1) is 0 Å². The maximum Gasteiger partial charge on any atom is 0.175 e. The molecule has 0 spiro atoms. The maximum absolute atomic E-state index is 5.88. The summed E-state index contributed by atoms with van der Waals surface area (Å²) in [5.41, 5.74) is 2.02. The Morgan fingerprint density at radius 2 is 2.10 bits per heavy atom. The third kappa shape index (κ3) is 4.44. The third-order valence-corrected chi connectivity index (χ3v) is 3.43. The highest BCUT2D eigenvalue weighted by atomic mass is 79.9. The lowest BCUT2D eigenvalue weighted by molar-refractivity contribution is 0.264. The maximum atomic E-state index is 5.88. The van der Waals surface area contributed by atoms with Gasteiger partial charge in [-0.05, 0) is 59.7 Å². The minimum absolute atomic E-state index is 0.408. The molecule has 1 aromatic carbocycles. The number of hydrogen-bond donors (Lipinski definition) is 1. The van der Waals surface area contributed by atoms with Crippen molar-refractivity contribution in [2.24, 2.45) is 0 Å². The first-order chi connectivity index (χ1) is 10.2. The molecule has 0 aliphatic heterocycles. The van der Waals surface area contributed by atoms with Crippen LogP contribution in [0.1, 0.15) is 18.2 Å². The summed E-state index contributed by atoms with van der Waals surface area (Å²) < 4.78 is 12.5. The van der Waals surface area contributed by atoms with Crippen LogP contribution < -0.4 is 14.8 Å². The predicted molar refractivity (Wildman–Crippen MR) is 86.6 cm³/mol. The molecule has 0 saturated heterocycles. The molecule has 4 nitrogen and oxygen atoms in total. The lowest BCUT2D eigenvalue weighted by Gasteiger charge is -2.15. The summed E-state index contributed by atoms with van der Waals surface area (Å²) in [6.45, 7) is 3.74. The number of pyridine rings is 1. The van der Waals surface area contributed by atoms with E-state index in [4.69, 9.17) is 9.47 Å². The number of aromatic nitrogens is 1. The Labute approximate surface area is 133 Å². The van der Waals surface area contributed by atoms with Gasteiger partial charge in [0.25, 0.3) is 0 Å². The first-order valence-corrected chi connectivity index (χ1v) is 7.66. The van der Waals surface area contributed by atoms with Gasteiger partial charge in [-0.1, -0.05) is 6.07 Å². The van der Waals surface area contributed by atoms with E-state index < -0.39 is 0 Å². The van der Waals surface area contributed by atoms with Crippen LogP contribution in [-0.2, 0) is 13.2 Å². The van der Waals surface area contributed by atoms with E-state index in [2.05, 4.69) is 26.2 Å². The first-order valence-electron chi connectivity index (χ1n) is 6.87. The van der Waals surface area contributed by atoms with Gasteiger partial charge in [0.05, 0.1) is 16.8 Å². The van der Waals surface area contributed by atoms with Crippen LogP contribution in [-0.4, -0.2) is 18.6 Å². The molecule has 0 fully saturated rings. The molecule has 0 atom stereocenters. The van der Waals surface area contributed by atoms with Crippen molar-refractivity contribution < 1.29 is 9.47 Å². The van der Waals surface area contributed by atoms with E-state index in [1.807, 2.05) is 44.3 Å². The van der Waals surface area contributed by atoms with Crippen LogP contribution >= 0.6 is 15.9 Å². The van der Waals surface area contributed by atoms with Crippen LogP contribution in [0.2, 0.25) is 0 Å². The first kappa shape index (κ1) is 15.8. The van der Waals surface area contributed by atoms with E-state index in [9.17, 15) is 0 Å². The molecule has 0 amide bonds. The summed E-state index contributed by atoms with van der Waals surface area (Å²) in [7, 11) is 1.92. The third-order valence-electron chi connectivity index (χ3n) is 2.84. The van der Waals surface area contributed by atoms with E-state index in [-0.39, 0.29) is 0 Å². The predicted octanol–water partition coefficient (Wildman–Crippen LogP) is 3.54. The van der Waals surface area contributed by atoms with Crippen LogP contribution in [0.3, 0.4) is 0 Å². The van der Waals surface area contributed by atoms with E-state index >= 15 is 0 Å². The zero-order chi connectivity index (χ0) is 15.1. The molecule has 2 rings (SSSR count). The number of ether oxygens (including phenoxy) is 2. The van der Waals surface area contributed by atoms with Crippen molar-refractivity contribution in [2.75, 3.05) is 13.7 Å². The summed E-state index contributed by atoms with van der Waals surface area (Å²) in [5.74, 6) is 1.45. The number of benzene rings is 1. The van der Waals surface area contributed by atoms with Crippen molar-refractivity contribution in [3.05, 3.63) is 52.3 Å². The fourth-order valence-electron chi connectivity index (χ4n) is 1.96. The Hall–Kier alpha value is -1.59. The molecule has 0 bridgehead atoms. The lowest BCUT2D eigenvalue weighted by Crippen LogP contribution is -2.07. The molecule has 1 heterocycles. The van der Waals surface area contributed by atoms with Crippen LogP contribution in [0.4, 0.5) is 0 Å². The quantitative estimate of drug-likeness (QED) is 0.829. The summed E-state index contributed by atoms with van der Waals surface area (Å²) in [6.07, 6.45) is 1.76. The molecular formula is C16H19BrN2O2. The summed E-state index contributed by atoms with van der Waals surface area (Å²) in [6, 6.07) is 9.80. The molecule has 21 heavy (non-hydrogen) atoms. The zero-order valence-electron chi connectivity index (χ0n) is 12.2. The minimum atomic E-state index is 0.408. The summed E-state index contributed by atoms with van der Waals surface area (Å²) in [4.78, 5) is 4.25.